The zero-order valence-corrected chi connectivity index (χ0v) is 14.7. The number of halogens is 2. The maximum atomic E-state index is 12.0. The van der Waals surface area contributed by atoms with Gasteiger partial charge in [-0.1, -0.05) is 71.8 Å². The van der Waals surface area contributed by atoms with Crippen LogP contribution in [0.3, 0.4) is 0 Å². The number of hydrogen-bond donors (Lipinski definition) is 0. The summed E-state index contributed by atoms with van der Waals surface area (Å²) in [6, 6.07) is 14.4. The first-order valence-electron chi connectivity index (χ1n) is 6.99. The zero-order chi connectivity index (χ0) is 16.7. The van der Waals surface area contributed by atoms with E-state index >= 15 is 0 Å². The molecule has 0 amide bonds. The van der Waals surface area contributed by atoms with Gasteiger partial charge < -0.3 is 0 Å². The van der Waals surface area contributed by atoms with E-state index in [1.54, 1.807) is 48.6 Å². The molecule has 2 nitrogen and oxygen atoms in total. The molecule has 23 heavy (non-hydrogen) atoms. The van der Waals surface area contributed by atoms with Crippen LogP contribution < -0.4 is 0 Å². The Morgan fingerprint density at radius 2 is 1.04 bits per heavy atom. The Morgan fingerprint density at radius 3 is 1.39 bits per heavy atom. The Labute approximate surface area is 147 Å². The van der Waals surface area contributed by atoms with Crippen molar-refractivity contribution < 1.29 is 8.42 Å². The van der Waals surface area contributed by atoms with Crippen molar-refractivity contribution in [1.29, 1.82) is 0 Å². The lowest BCUT2D eigenvalue weighted by Gasteiger charge is -1.98. The molecule has 0 fully saturated rings. The molecule has 2 aromatic rings. The highest BCUT2D eigenvalue weighted by atomic mass is 35.5. The summed E-state index contributed by atoms with van der Waals surface area (Å²) in [5.74, 6) is 0.00116. The van der Waals surface area contributed by atoms with Gasteiger partial charge in [-0.15, -0.1) is 0 Å². The van der Waals surface area contributed by atoms with E-state index in [-0.39, 0.29) is 11.5 Å². The van der Waals surface area contributed by atoms with Crippen LogP contribution in [0.5, 0.6) is 0 Å². The quantitative estimate of drug-likeness (QED) is 0.709. The molecule has 2 rings (SSSR count). The Bertz CT molecular complexity index is 726. The molecule has 0 aliphatic carbocycles. The maximum Gasteiger partial charge on any atom is 0.157 e. The Balaban J connectivity index is 1.89. The van der Waals surface area contributed by atoms with Gasteiger partial charge in [-0.05, 0) is 35.4 Å². The van der Waals surface area contributed by atoms with Crippen LogP contribution in [0.1, 0.15) is 11.1 Å². The fourth-order valence-corrected chi connectivity index (χ4v) is 3.04. The minimum atomic E-state index is -3.16. The summed E-state index contributed by atoms with van der Waals surface area (Å²) >= 11 is 11.6. The Morgan fingerprint density at radius 1 is 0.696 bits per heavy atom. The molecule has 0 saturated heterocycles. The van der Waals surface area contributed by atoms with Crippen LogP contribution in [0.4, 0.5) is 0 Å². The van der Waals surface area contributed by atoms with Gasteiger partial charge in [0.15, 0.2) is 9.84 Å². The fourth-order valence-electron chi connectivity index (χ4n) is 1.88. The van der Waals surface area contributed by atoms with Gasteiger partial charge in [-0.2, -0.15) is 0 Å². The van der Waals surface area contributed by atoms with Crippen molar-refractivity contribution in [3.63, 3.8) is 0 Å². The van der Waals surface area contributed by atoms with Crippen molar-refractivity contribution in [1.82, 2.24) is 0 Å². The summed E-state index contributed by atoms with van der Waals surface area (Å²) in [7, 11) is -3.16. The molecule has 2 aromatic carbocycles. The van der Waals surface area contributed by atoms with Crippen LogP contribution in [-0.4, -0.2) is 19.9 Å². The second-order valence-electron chi connectivity index (χ2n) is 4.98. The van der Waals surface area contributed by atoms with Crippen molar-refractivity contribution in [2.45, 2.75) is 0 Å². The Hall–Kier alpha value is -1.55. The molecule has 0 spiro atoms. The van der Waals surface area contributed by atoms with E-state index in [0.717, 1.165) is 11.1 Å². The largest absolute Gasteiger partial charge is 0.228 e. The van der Waals surface area contributed by atoms with Crippen LogP contribution >= 0.6 is 23.2 Å². The first-order chi connectivity index (χ1) is 10.9. The third kappa shape index (κ3) is 6.61. The molecule has 0 aliphatic rings. The molecule has 0 aromatic heterocycles. The normalized spacial score (nSPS) is 12.3. The third-order valence-electron chi connectivity index (χ3n) is 3.06. The Kier molecular flexibility index (Phi) is 6.46. The minimum Gasteiger partial charge on any atom is -0.228 e. The average Bonchev–Trinajstić information content (AvgIpc) is 2.51. The van der Waals surface area contributed by atoms with Gasteiger partial charge in [-0.3, -0.25) is 0 Å². The third-order valence-corrected chi connectivity index (χ3v) is 4.97. The van der Waals surface area contributed by atoms with E-state index in [1.807, 2.05) is 24.3 Å². The number of sulfone groups is 1. The molecule has 5 heteroatoms. The molecule has 0 heterocycles. The van der Waals surface area contributed by atoms with Gasteiger partial charge in [0.2, 0.25) is 0 Å². The van der Waals surface area contributed by atoms with E-state index in [2.05, 4.69) is 0 Å². The van der Waals surface area contributed by atoms with Gasteiger partial charge in [0.1, 0.15) is 0 Å². The van der Waals surface area contributed by atoms with Gasteiger partial charge >= 0.3 is 0 Å². The molecule has 0 N–H and O–H groups in total. The topological polar surface area (TPSA) is 34.1 Å². The van der Waals surface area contributed by atoms with Crippen molar-refractivity contribution in [2.24, 2.45) is 0 Å². The van der Waals surface area contributed by atoms with Crippen molar-refractivity contribution in [3.8, 4) is 0 Å². The SMILES string of the molecule is O=S(=O)(CC=Cc1ccc(Cl)cc1)CC=Cc1ccc(Cl)cc1. The summed E-state index contributed by atoms with van der Waals surface area (Å²) < 4.78 is 23.9. The van der Waals surface area contributed by atoms with Gasteiger partial charge in [0.25, 0.3) is 0 Å². The first kappa shape index (κ1) is 17.8. The summed E-state index contributed by atoms with van der Waals surface area (Å²) in [5, 5.41) is 1.31. The minimum absolute atomic E-state index is 0.000580. The van der Waals surface area contributed by atoms with E-state index in [0.29, 0.717) is 10.0 Å². The maximum absolute atomic E-state index is 12.0. The smallest absolute Gasteiger partial charge is 0.157 e. The summed E-state index contributed by atoms with van der Waals surface area (Å²) in [6.07, 6.45) is 6.84. The predicted molar refractivity (Wildman–Crippen MR) is 99.6 cm³/mol. The highest BCUT2D eigenvalue weighted by Gasteiger charge is 2.05. The monoisotopic (exact) mass is 366 g/mol. The van der Waals surface area contributed by atoms with Crippen LogP contribution in [0.25, 0.3) is 12.2 Å². The van der Waals surface area contributed by atoms with Crippen LogP contribution in [0, 0.1) is 0 Å². The van der Waals surface area contributed by atoms with Crippen LogP contribution in [0.2, 0.25) is 10.0 Å². The summed E-state index contributed by atoms with van der Waals surface area (Å²) in [4.78, 5) is 0. The first-order valence-corrected chi connectivity index (χ1v) is 9.57. The standard InChI is InChI=1S/C18H16Cl2O2S/c19-17-9-5-15(6-10-17)3-1-13-23(21,22)14-2-4-16-7-11-18(20)12-8-16/h1-12H,13-14H2. The van der Waals surface area contributed by atoms with E-state index in [4.69, 9.17) is 23.2 Å². The molecule has 0 unspecified atom stereocenters. The average molecular weight is 367 g/mol. The lowest BCUT2D eigenvalue weighted by molar-refractivity contribution is 0.602. The molecular formula is C18H16Cl2O2S. The molecule has 0 radical (unpaired) electrons. The second kappa shape index (κ2) is 8.34. The fraction of sp³-hybridized carbons (Fsp3) is 0.111. The van der Waals surface area contributed by atoms with Gasteiger partial charge in [0.05, 0.1) is 11.5 Å². The highest BCUT2D eigenvalue weighted by Crippen LogP contribution is 2.12. The molecule has 0 bridgehead atoms. The lowest BCUT2D eigenvalue weighted by atomic mass is 10.2. The zero-order valence-electron chi connectivity index (χ0n) is 12.3. The van der Waals surface area contributed by atoms with E-state index in [1.165, 1.54) is 0 Å². The molecule has 0 atom stereocenters. The van der Waals surface area contributed by atoms with Crippen molar-refractivity contribution in [2.75, 3.05) is 11.5 Å². The van der Waals surface area contributed by atoms with Crippen LogP contribution in [0.15, 0.2) is 60.7 Å². The summed E-state index contributed by atoms with van der Waals surface area (Å²) in [6.45, 7) is 0. The van der Waals surface area contributed by atoms with Gasteiger partial charge in [0, 0.05) is 10.0 Å². The highest BCUT2D eigenvalue weighted by molar-refractivity contribution is 7.91. The van der Waals surface area contributed by atoms with Crippen molar-refractivity contribution in [3.05, 3.63) is 81.9 Å². The van der Waals surface area contributed by atoms with Gasteiger partial charge in [-0.25, -0.2) is 8.42 Å². The molecule has 120 valence electrons. The second-order valence-corrected chi connectivity index (χ2v) is 8.01. The number of rotatable bonds is 6. The molecule has 0 saturated carbocycles. The van der Waals surface area contributed by atoms with E-state index in [9.17, 15) is 8.42 Å². The van der Waals surface area contributed by atoms with Crippen molar-refractivity contribution >= 4 is 45.2 Å². The lowest BCUT2D eigenvalue weighted by Crippen LogP contribution is -2.07. The van der Waals surface area contributed by atoms with E-state index < -0.39 is 9.84 Å². The molecule has 0 aliphatic heterocycles. The molecular weight excluding hydrogens is 351 g/mol. The number of benzene rings is 2. The predicted octanol–water partition coefficient (Wildman–Crippen LogP) is 5.13. The summed E-state index contributed by atoms with van der Waals surface area (Å²) in [5.41, 5.74) is 1.84. The number of hydrogen-bond acceptors (Lipinski definition) is 2. The van der Waals surface area contributed by atoms with Crippen LogP contribution in [-0.2, 0) is 9.84 Å².